The first-order valence-electron chi connectivity index (χ1n) is 13.2. The van der Waals surface area contributed by atoms with E-state index >= 15 is 4.39 Å². The van der Waals surface area contributed by atoms with Gasteiger partial charge in [-0.15, -0.1) is 0 Å². The van der Waals surface area contributed by atoms with Crippen LogP contribution >= 0.6 is 0 Å². The number of alkyl halides is 1. The number of fused-ring (bicyclic) bond motifs is 1. The first-order chi connectivity index (χ1) is 17.6. The molecule has 2 saturated heterocycles. The van der Waals surface area contributed by atoms with Gasteiger partial charge in [-0.25, -0.2) is 19.0 Å². The highest BCUT2D eigenvalue weighted by atomic mass is 19.1. The van der Waals surface area contributed by atoms with Crippen molar-refractivity contribution in [2.45, 2.75) is 89.2 Å². The lowest BCUT2D eigenvalue weighted by Crippen LogP contribution is -2.46. The van der Waals surface area contributed by atoms with Gasteiger partial charge < -0.3 is 34.1 Å². The molecule has 1 amide bonds. The van der Waals surface area contributed by atoms with Crippen LogP contribution in [0.25, 0.3) is 0 Å². The lowest BCUT2D eigenvalue weighted by molar-refractivity contribution is -0.154. The molecule has 4 aliphatic heterocycles. The molecule has 0 aromatic rings. The van der Waals surface area contributed by atoms with Crippen molar-refractivity contribution in [3.63, 3.8) is 0 Å². The Hall–Kier alpha value is -2.66. The first-order valence-corrected chi connectivity index (χ1v) is 13.2. The maximum absolute atomic E-state index is 15.4. The van der Waals surface area contributed by atoms with Gasteiger partial charge in [-0.3, -0.25) is 0 Å². The van der Waals surface area contributed by atoms with Gasteiger partial charge in [-0.05, 0) is 52.2 Å². The molecule has 0 bridgehead atoms. The maximum atomic E-state index is 15.4. The van der Waals surface area contributed by atoms with Crippen molar-refractivity contribution in [3.8, 4) is 0 Å². The van der Waals surface area contributed by atoms with Crippen LogP contribution in [0.4, 0.5) is 9.18 Å². The van der Waals surface area contributed by atoms with Crippen LogP contribution in [0.1, 0.15) is 53.4 Å². The van der Waals surface area contributed by atoms with Crippen molar-refractivity contribution in [1.29, 1.82) is 0 Å². The van der Waals surface area contributed by atoms with Crippen molar-refractivity contribution < 1.29 is 32.9 Å². The highest BCUT2D eigenvalue weighted by Crippen LogP contribution is 2.40. The second kappa shape index (κ2) is 9.90. The first kappa shape index (κ1) is 26.0. The number of likely N-dealkylation sites (tertiary alicyclic amines) is 1. The van der Waals surface area contributed by atoms with E-state index in [-0.39, 0.29) is 24.8 Å². The van der Waals surface area contributed by atoms with Crippen LogP contribution in [0.2, 0.25) is 0 Å². The molecule has 1 aliphatic carbocycles. The minimum absolute atomic E-state index is 0.267. The lowest BCUT2D eigenvalue weighted by atomic mass is 9.95. The largest absolute Gasteiger partial charge is 0.463 e. The van der Waals surface area contributed by atoms with Gasteiger partial charge in [0.2, 0.25) is 0 Å². The fraction of sp³-hybridized carbons (Fsp3) is 0.731. The SMILES string of the molecule is CCOC(=O)C1=CN(C2CC2)C2N=C(N3CCC4(C3)OCC(CNC(=O)OC(C)(C)C)O4)C(F)C=C2C1. The number of amidine groups is 1. The number of carbonyl (C=O) groups is 2. The zero-order chi connectivity index (χ0) is 26.4. The number of aliphatic imine (C=N–C) groups is 1. The third-order valence-electron chi connectivity index (χ3n) is 6.99. The van der Waals surface area contributed by atoms with E-state index in [4.69, 9.17) is 23.9 Å². The van der Waals surface area contributed by atoms with Gasteiger partial charge in [0.25, 0.3) is 0 Å². The molecule has 4 unspecified atom stereocenters. The highest BCUT2D eigenvalue weighted by Gasteiger charge is 2.49. The molecule has 1 N–H and O–H groups in total. The fourth-order valence-corrected chi connectivity index (χ4v) is 5.23. The number of alkyl carbamates (subject to hydrolysis) is 1. The molecule has 10 nitrogen and oxygen atoms in total. The van der Waals surface area contributed by atoms with E-state index in [0.29, 0.717) is 56.6 Å². The Balaban J connectivity index is 1.23. The van der Waals surface area contributed by atoms with Crippen LogP contribution in [0, 0.1) is 0 Å². The molecule has 204 valence electrons. The molecule has 11 heteroatoms. The number of hydrogen-bond acceptors (Lipinski definition) is 9. The standard InChI is InChI=1S/C26H37FN4O6/c1-5-34-23(32)17-10-16-11-20(27)22(29-21(16)31(13-17)18-6-7-18)30-9-8-26(15-30)35-14-19(36-26)12-28-24(33)37-25(2,3)4/h11,13,18-21H,5-10,12,14-15H2,1-4H3,(H,28,33). The highest BCUT2D eigenvalue weighted by molar-refractivity contribution is 5.92. The smallest absolute Gasteiger partial charge is 0.407 e. The van der Waals surface area contributed by atoms with Gasteiger partial charge in [0.1, 0.15) is 23.7 Å². The van der Waals surface area contributed by atoms with Gasteiger partial charge >= 0.3 is 12.1 Å². The predicted molar refractivity (Wildman–Crippen MR) is 132 cm³/mol. The average molecular weight is 521 g/mol. The van der Waals surface area contributed by atoms with Gasteiger partial charge in [-0.2, -0.15) is 0 Å². The predicted octanol–water partition coefficient (Wildman–Crippen LogP) is 2.65. The Morgan fingerprint density at radius 3 is 2.81 bits per heavy atom. The molecule has 4 heterocycles. The Kier molecular flexibility index (Phi) is 6.95. The summed E-state index contributed by atoms with van der Waals surface area (Å²) in [5, 5.41) is 2.73. The van der Waals surface area contributed by atoms with Crippen molar-refractivity contribution >= 4 is 17.9 Å². The molecule has 5 rings (SSSR count). The number of amides is 1. The van der Waals surface area contributed by atoms with E-state index < -0.39 is 23.7 Å². The Morgan fingerprint density at radius 2 is 2.11 bits per heavy atom. The minimum atomic E-state index is -1.38. The quantitative estimate of drug-likeness (QED) is 0.436. The van der Waals surface area contributed by atoms with Crippen LogP contribution in [-0.4, -0.2) is 96.4 Å². The van der Waals surface area contributed by atoms with Crippen LogP contribution < -0.4 is 5.32 Å². The summed E-state index contributed by atoms with van der Waals surface area (Å²) in [5.41, 5.74) is 0.761. The Bertz CT molecular complexity index is 1020. The van der Waals surface area contributed by atoms with Gasteiger partial charge in [0.15, 0.2) is 12.0 Å². The maximum Gasteiger partial charge on any atom is 0.407 e. The lowest BCUT2D eigenvalue weighted by Gasteiger charge is -2.39. The molecule has 1 spiro atoms. The van der Waals surface area contributed by atoms with E-state index in [1.165, 1.54) is 0 Å². The zero-order valence-electron chi connectivity index (χ0n) is 22.0. The topological polar surface area (TPSA) is 102 Å². The van der Waals surface area contributed by atoms with Crippen LogP contribution in [0.5, 0.6) is 0 Å². The summed E-state index contributed by atoms with van der Waals surface area (Å²) < 4.78 is 38.1. The molecule has 5 aliphatic rings. The third kappa shape index (κ3) is 5.77. The number of halogens is 1. The van der Waals surface area contributed by atoms with Gasteiger partial charge in [-0.1, -0.05) is 0 Å². The molecular weight excluding hydrogens is 483 g/mol. The van der Waals surface area contributed by atoms with Crippen LogP contribution in [0.3, 0.4) is 0 Å². The molecule has 4 atom stereocenters. The summed E-state index contributed by atoms with van der Waals surface area (Å²) in [6.07, 6.45) is 3.89. The number of rotatable bonds is 5. The number of hydrogen-bond donors (Lipinski definition) is 1. The number of nitrogens with one attached hydrogen (secondary N) is 1. The van der Waals surface area contributed by atoms with E-state index in [1.807, 2.05) is 11.1 Å². The molecule has 37 heavy (non-hydrogen) atoms. The molecule has 3 fully saturated rings. The second-order valence-electron chi connectivity index (χ2n) is 11.3. The summed E-state index contributed by atoms with van der Waals surface area (Å²) in [6, 6.07) is 0.295. The minimum Gasteiger partial charge on any atom is -0.463 e. The summed E-state index contributed by atoms with van der Waals surface area (Å²) in [7, 11) is 0. The van der Waals surface area contributed by atoms with Gasteiger partial charge in [0.05, 0.1) is 25.3 Å². The number of ether oxygens (including phenoxy) is 4. The number of dihydropyridines is 1. The Morgan fingerprint density at radius 1 is 1.32 bits per heavy atom. The molecule has 0 aromatic heterocycles. The van der Waals surface area contributed by atoms with Crippen LogP contribution in [0.15, 0.2) is 28.4 Å². The summed E-state index contributed by atoms with van der Waals surface area (Å²) in [6.45, 7) is 9.00. The zero-order valence-corrected chi connectivity index (χ0v) is 22.0. The Labute approximate surface area is 216 Å². The molecular formula is C26H37FN4O6. The van der Waals surface area contributed by atoms with Crippen molar-refractivity contribution in [1.82, 2.24) is 15.1 Å². The van der Waals surface area contributed by atoms with Crippen molar-refractivity contribution in [3.05, 3.63) is 23.4 Å². The average Bonchev–Trinajstić information content (AvgIpc) is 3.48. The number of carbonyl (C=O) groups excluding carboxylic acids is 2. The monoisotopic (exact) mass is 520 g/mol. The molecule has 0 aromatic carbocycles. The fourth-order valence-electron chi connectivity index (χ4n) is 5.23. The summed E-state index contributed by atoms with van der Waals surface area (Å²) in [4.78, 5) is 33.2. The summed E-state index contributed by atoms with van der Waals surface area (Å²) >= 11 is 0. The van der Waals surface area contributed by atoms with Gasteiger partial charge in [0, 0.05) is 38.2 Å². The summed E-state index contributed by atoms with van der Waals surface area (Å²) in [5.74, 6) is -0.844. The second-order valence-corrected chi connectivity index (χ2v) is 11.3. The number of nitrogens with zero attached hydrogens (tertiary/aromatic N) is 3. The normalized spacial score (nSPS) is 31.5. The molecule has 1 saturated carbocycles. The molecule has 0 radical (unpaired) electrons. The van der Waals surface area contributed by atoms with E-state index in [2.05, 4.69) is 10.2 Å². The van der Waals surface area contributed by atoms with E-state index in [1.54, 1.807) is 33.8 Å². The van der Waals surface area contributed by atoms with E-state index in [9.17, 15) is 9.59 Å². The van der Waals surface area contributed by atoms with Crippen molar-refractivity contribution in [2.75, 3.05) is 32.8 Å². The number of esters is 1. The van der Waals surface area contributed by atoms with Crippen LogP contribution in [-0.2, 0) is 23.7 Å². The van der Waals surface area contributed by atoms with Crippen molar-refractivity contribution in [2.24, 2.45) is 4.99 Å². The van der Waals surface area contributed by atoms with E-state index in [0.717, 1.165) is 18.4 Å². The third-order valence-corrected chi connectivity index (χ3v) is 6.99.